The maximum Gasteiger partial charge on any atom is 0.264 e. The second kappa shape index (κ2) is 12.4. The van der Waals surface area contributed by atoms with Crippen molar-refractivity contribution >= 4 is 49.1 Å². The predicted molar refractivity (Wildman–Crippen MR) is 173 cm³/mol. The molecule has 4 aliphatic rings. The number of ether oxygens (including phenoxy) is 1. The van der Waals surface area contributed by atoms with Crippen LogP contribution in [0, 0.1) is 5.92 Å². The predicted octanol–water partition coefficient (Wildman–Crippen LogP) is 4.73. The number of likely N-dealkylation sites (tertiary alicyclic amines) is 1. The molecule has 6 atom stereocenters. The van der Waals surface area contributed by atoms with Gasteiger partial charge in [-0.1, -0.05) is 30.7 Å². The van der Waals surface area contributed by atoms with Crippen molar-refractivity contribution in [1.29, 1.82) is 0 Å². The first-order valence-electron chi connectivity index (χ1n) is 16.0. The van der Waals surface area contributed by atoms with E-state index in [9.17, 15) is 19.5 Å². The molecule has 1 spiro atoms. The minimum atomic E-state index is -3.46. The number of rotatable bonds is 8. The molecule has 3 amide bonds. The van der Waals surface area contributed by atoms with Crippen molar-refractivity contribution in [3.05, 3.63) is 58.6 Å². The highest BCUT2D eigenvalue weighted by Crippen LogP contribution is 2.60. The molecule has 0 aliphatic carbocycles. The summed E-state index contributed by atoms with van der Waals surface area (Å²) in [5, 5.41) is 16.4. The zero-order valence-electron chi connectivity index (χ0n) is 26.0. The number of carbonyl (C=O) groups is 3. The average molecular weight is 657 g/mol. The third-order valence-electron chi connectivity index (χ3n) is 10.1. The summed E-state index contributed by atoms with van der Waals surface area (Å²) in [6.45, 7) is 6.52. The molecule has 242 valence electrons. The molecule has 4 aliphatic heterocycles. The molecule has 2 aromatic rings. The number of amides is 3. The lowest BCUT2D eigenvalue weighted by Crippen LogP contribution is -2.45. The van der Waals surface area contributed by atoms with E-state index in [0.29, 0.717) is 28.5 Å². The van der Waals surface area contributed by atoms with Gasteiger partial charge in [-0.15, -0.1) is 0 Å². The molecule has 3 fully saturated rings. The number of aliphatic hydroxyl groups excluding tert-OH is 1. The molecule has 4 heterocycles. The zero-order valence-corrected chi connectivity index (χ0v) is 27.8. The van der Waals surface area contributed by atoms with Gasteiger partial charge in [0.15, 0.2) is 5.60 Å². The Bertz CT molecular complexity index is 1480. The van der Waals surface area contributed by atoms with E-state index in [1.165, 1.54) is 0 Å². The molecule has 3 saturated heterocycles. The van der Waals surface area contributed by atoms with Gasteiger partial charge in [0.1, 0.15) is 0 Å². The Morgan fingerprint density at radius 2 is 2.00 bits per heavy atom. The molecule has 9 nitrogen and oxygen atoms in total. The fraction of sp³-hybridized carbons (Fsp3) is 0.545. The van der Waals surface area contributed by atoms with Crippen molar-refractivity contribution in [1.82, 2.24) is 10.2 Å². The van der Waals surface area contributed by atoms with Crippen molar-refractivity contribution in [2.45, 2.75) is 88.0 Å². The Morgan fingerprint density at radius 3 is 2.71 bits per heavy atom. The van der Waals surface area contributed by atoms with Gasteiger partial charge in [0.25, 0.3) is 5.91 Å². The van der Waals surface area contributed by atoms with Crippen LogP contribution in [0.25, 0.3) is 0 Å². The first-order valence-corrected chi connectivity index (χ1v) is 19.3. The van der Waals surface area contributed by atoms with Gasteiger partial charge in [-0.25, -0.2) is 0 Å². The number of aliphatic hydroxyl groups is 1. The summed E-state index contributed by atoms with van der Waals surface area (Å²) in [5.41, 5.74) is 0.517. The molecule has 12 heteroatoms. The fourth-order valence-electron chi connectivity index (χ4n) is 8.09. The van der Waals surface area contributed by atoms with E-state index in [0.717, 1.165) is 37.8 Å². The van der Waals surface area contributed by atoms with E-state index >= 15 is 4.11 Å². The van der Waals surface area contributed by atoms with Gasteiger partial charge >= 0.3 is 0 Å². The Hall–Kier alpha value is -2.83. The fourth-order valence-corrected chi connectivity index (χ4v) is 10.8. The second-order valence-corrected chi connectivity index (χ2v) is 17.7. The number of hydrogen-bond donors (Lipinski definition) is 3. The Morgan fingerprint density at radius 1 is 1.20 bits per heavy atom. The molecule has 2 aromatic carbocycles. The van der Waals surface area contributed by atoms with Crippen LogP contribution in [0.15, 0.2) is 42.5 Å². The van der Waals surface area contributed by atoms with Crippen LogP contribution in [-0.2, 0) is 31.3 Å². The number of carbonyl (C=O) groups excluding carboxylic acids is 3. The van der Waals surface area contributed by atoms with E-state index < -0.39 is 31.6 Å². The maximum atomic E-state index is 16.2. The van der Waals surface area contributed by atoms with Crippen molar-refractivity contribution in [2.75, 3.05) is 29.9 Å². The molecule has 0 unspecified atom stereocenters. The van der Waals surface area contributed by atoms with Crippen molar-refractivity contribution in [3.8, 4) is 0 Å². The Balaban J connectivity index is 1.31. The smallest absolute Gasteiger partial charge is 0.264 e. The highest BCUT2D eigenvalue weighted by Gasteiger charge is 2.67. The van der Waals surface area contributed by atoms with E-state index in [-0.39, 0.29) is 49.4 Å². The summed E-state index contributed by atoms with van der Waals surface area (Å²) in [7, 11) is -3.46. The van der Waals surface area contributed by atoms with Gasteiger partial charge in [0.2, 0.25) is 20.2 Å². The lowest BCUT2D eigenvalue weighted by molar-refractivity contribution is -0.150. The molecular formula is C33H42ClFN4O5Si. The number of hydrogen-bond acceptors (Lipinski definition) is 6. The van der Waals surface area contributed by atoms with E-state index in [1.54, 1.807) is 41.1 Å². The van der Waals surface area contributed by atoms with Gasteiger partial charge in [-0.05, 0) is 81.2 Å². The lowest BCUT2D eigenvalue weighted by atomic mass is 9.82. The summed E-state index contributed by atoms with van der Waals surface area (Å²) in [6.07, 6.45) is 2.41. The minimum absolute atomic E-state index is 0.0611. The summed E-state index contributed by atoms with van der Waals surface area (Å²) in [6, 6.07) is 12.2. The highest BCUT2D eigenvalue weighted by atomic mass is 35.5. The van der Waals surface area contributed by atoms with Crippen LogP contribution in [0.2, 0.25) is 23.7 Å². The molecule has 0 bridgehead atoms. The summed E-state index contributed by atoms with van der Waals surface area (Å²) >= 11 is 6.50. The SMILES string of the molecule is C[C@@H]1[C@@H]([Si](C)(C)F)[C@H](CC(=O)N2CCC[C@H]2CO)O[C@@]12C(=O)N(Cc1cccc(NC(=O)[C@H]3CCCN3)c1)c1ccc(Cl)cc12. The third-order valence-corrected chi connectivity index (χ3v) is 12.8. The summed E-state index contributed by atoms with van der Waals surface area (Å²) < 4.78 is 22.9. The van der Waals surface area contributed by atoms with Gasteiger partial charge in [-0.3, -0.25) is 14.4 Å². The molecule has 0 radical (unpaired) electrons. The minimum Gasteiger partial charge on any atom is -0.394 e. The summed E-state index contributed by atoms with van der Waals surface area (Å²) in [4.78, 5) is 44.2. The Labute approximate surface area is 269 Å². The quantitative estimate of drug-likeness (QED) is 0.280. The molecule has 45 heavy (non-hydrogen) atoms. The number of fused-ring (bicyclic) bond motifs is 2. The van der Waals surface area contributed by atoms with E-state index in [4.69, 9.17) is 16.3 Å². The molecule has 0 aromatic heterocycles. The van der Waals surface area contributed by atoms with Crippen molar-refractivity contribution < 1.29 is 28.3 Å². The van der Waals surface area contributed by atoms with Crippen LogP contribution in [0.5, 0.6) is 0 Å². The average Bonchev–Trinajstić information content (AvgIpc) is 3.78. The standard InChI is InChI=1S/C33H42ClFN4O5Si/c1-20-30(45(2,3)35)28(17-29(41)38-14-6-9-24(38)19-40)44-33(20)25-16-22(34)11-12-27(25)39(32(33)43)18-21-7-4-8-23(15-21)37-31(42)26-10-5-13-36-26/h4,7-8,11-12,15-16,20,24,26,28,30,36,40H,5-6,9-10,13-14,17-19H2,1-3H3,(H,37,42)/t20-,24+,26-,28+,30-,33+/m1/s1. The van der Waals surface area contributed by atoms with Crippen LogP contribution in [0.3, 0.4) is 0 Å². The molecular weight excluding hydrogens is 615 g/mol. The second-order valence-electron chi connectivity index (χ2n) is 13.4. The van der Waals surface area contributed by atoms with Crippen LogP contribution in [-0.4, -0.2) is 74.0 Å². The number of nitrogens with zero attached hydrogens (tertiary/aromatic N) is 2. The first kappa shape index (κ1) is 32.1. The van der Waals surface area contributed by atoms with Gasteiger partial charge < -0.3 is 34.4 Å². The number of nitrogens with one attached hydrogen (secondary N) is 2. The molecule has 3 N–H and O–H groups in total. The van der Waals surface area contributed by atoms with Gasteiger partial charge in [-0.2, -0.15) is 0 Å². The van der Waals surface area contributed by atoms with Gasteiger partial charge in [0, 0.05) is 34.3 Å². The van der Waals surface area contributed by atoms with E-state index in [1.807, 2.05) is 31.2 Å². The van der Waals surface area contributed by atoms with Crippen LogP contribution in [0.4, 0.5) is 15.5 Å². The van der Waals surface area contributed by atoms with Crippen LogP contribution >= 0.6 is 11.6 Å². The van der Waals surface area contributed by atoms with E-state index in [2.05, 4.69) is 10.6 Å². The third kappa shape index (κ3) is 5.82. The molecule has 0 saturated carbocycles. The normalized spacial score (nSPS) is 29.6. The highest BCUT2D eigenvalue weighted by molar-refractivity contribution is 6.72. The van der Waals surface area contributed by atoms with Crippen LogP contribution in [0.1, 0.15) is 50.2 Å². The first-order chi connectivity index (χ1) is 21.4. The monoisotopic (exact) mass is 656 g/mol. The van der Waals surface area contributed by atoms with Crippen LogP contribution < -0.4 is 15.5 Å². The maximum absolute atomic E-state index is 16.2. The number of halogens is 2. The number of benzene rings is 2. The zero-order chi connectivity index (χ0) is 32.1. The lowest BCUT2D eigenvalue weighted by Gasteiger charge is -2.31. The summed E-state index contributed by atoms with van der Waals surface area (Å²) in [5.74, 6) is -1.15. The van der Waals surface area contributed by atoms with Crippen molar-refractivity contribution in [2.24, 2.45) is 5.92 Å². The largest absolute Gasteiger partial charge is 0.394 e. The topological polar surface area (TPSA) is 111 Å². The molecule has 6 rings (SSSR count). The van der Waals surface area contributed by atoms with Gasteiger partial charge in [0.05, 0.1) is 43.4 Å². The number of anilines is 2. The Kier molecular flexibility index (Phi) is 8.86. The van der Waals surface area contributed by atoms with Crippen molar-refractivity contribution in [3.63, 3.8) is 0 Å².